The van der Waals surface area contributed by atoms with Gasteiger partial charge >= 0.3 is 0 Å². The molecular weight excluding hydrogens is 312 g/mol. The van der Waals surface area contributed by atoms with Gasteiger partial charge in [0.1, 0.15) is 22.7 Å². The Morgan fingerprint density at radius 3 is 2.58 bits per heavy atom. The smallest absolute Gasteiger partial charge is 0.285 e. The van der Waals surface area contributed by atoms with Crippen molar-refractivity contribution in [3.8, 4) is 0 Å². The number of carbonyl (C=O) groups is 1. The van der Waals surface area contributed by atoms with Gasteiger partial charge in [-0.15, -0.1) is 0 Å². The highest BCUT2D eigenvalue weighted by atomic mass is 16.6. The third-order valence-electron chi connectivity index (χ3n) is 3.88. The molecule has 2 N–H and O–H groups in total. The molecule has 1 heterocycles. The first kappa shape index (κ1) is 17.7. The number of benzene rings is 1. The highest BCUT2D eigenvalue weighted by molar-refractivity contribution is 5.98. The minimum atomic E-state index is -1.35. The van der Waals surface area contributed by atoms with Gasteiger partial charge in [0.05, 0.1) is 11.5 Å². The number of aliphatic hydroxyl groups is 1. The van der Waals surface area contributed by atoms with Crippen molar-refractivity contribution >= 4 is 11.6 Å². The Morgan fingerprint density at radius 1 is 1.38 bits per heavy atom. The van der Waals surface area contributed by atoms with Gasteiger partial charge in [-0.3, -0.25) is 14.9 Å². The summed E-state index contributed by atoms with van der Waals surface area (Å²) in [6, 6.07) is 6.25. The number of hydrogen-bond acceptors (Lipinski definition) is 5. The molecule has 1 aromatic heterocycles. The maximum absolute atomic E-state index is 12.3. The van der Waals surface area contributed by atoms with E-state index in [1.165, 1.54) is 6.07 Å². The highest BCUT2D eigenvalue weighted by Crippen LogP contribution is 2.27. The third-order valence-corrected chi connectivity index (χ3v) is 3.88. The molecule has 0 spiro atoms. The molecule has 0 aliphatic rings. The number of furan rings is 1. The first-order chi connectivity index (χ1) is 11.1. The molecule has 0 aliphatic heterocycles. The number of para-hydroxylation sites is 1. The fourth-order valence-corrected chi connectivity index (χ4v) is 2.69. The zero-order valence-electron chi connectivity index (χ0n) is 14.0. The summed E-state index contributed by atoms with van der Waals surface area (Å²) < 4.78 is 5.40. The second-order valence-electron chi connectivity index (χ2n) is 6.01. The molecule has 0 radical (unpaired) electrons. The number of amides is 1. The molecule has 0 saturated carbocycles. The second kappa shape index (κ2) is 6.45. The molecule has 0 fully saturated rings. The van der Waals surface area contributed by atoms with Crippen LogP contribution in [-0.2, 0) is 5.60 Å². The number of nitro benzene ring substituents is 1. The Kier molecular flexibility index (Phi) is 4.75. The van der Waals surface area contributed by atoms with Crippen LogP contribution in [0.1, 0.15) is 39.9 Å². The summed E-state index contributed by atoms with van der Waals surface area (Å²) in [7, 11) is 0. The molecule has 2 aromatic rings. The summed E-state index contributed by atoms with van der Waals surface area (Å²) in [6.07, 6.45) is 0. The molecule has 1 amide bonds. The summed E-state index contributed by atoms with van der Waals surface area (Å²) in [5.41, 5.74) is -0.642. The predicted molar refractivity (Wildman–Crippen MR) is 87.9 cm³/mol. The van der Waals surface area contributed by atoms with Crippen molar-refractivity contribution in [3.05, 3.63) is 62.6 Å². The molecule has 0 saturated heterocycles. The summed E-state index contributed by atoms with van der Waals surface area (Å²) in [5.74, 6) is 0.611. The van der Waals surface area contributed by atoms with Crippen molar-refractivity contribution < 1.29 is 19.2 Å². The maximum Gasteiger partial charge on any atom is 0.285 e. The molecule has 24 heavy (non-hydrogen) atoms. The molecule has 0 bridgehead atoms. The number of aryl methyl sites for hydroxylation is 3. The van der Waals surface area contributed by atoms with E-state index in [0.717, 1.165) is 0 Å². The van der Waals surface area contributed by atoms with Gasteiger partial charge in [-0.05, 0) is 39.8 Å². The van der Waals surface area contributed by atoms with Crippen LogP contribution in [0.25, 0.3) is 0 Å². The van der Waals surface area contributed by atoms with Crippen molar-refractivity contribution in [3.63, 3.8) is 0 Å². The first-order valence-electron chi connectivity index (χ1n) is 7.45. The maximum atomic E-state index is 12.3. The van der Waals surface area contributed by atoms with Crippen LogP contribution in [0, 0.1) is 30.9 Å². The quantitative estimate of drug-likeness (QED) is 0.647. The van der Waals surface area contributed by atoms with Crippen LogP contribution in [0.3, 0.4) is 0 Å². The van der Waals surface area contributed by atoms with Crippen LogP contribution in [0.5, 0.6) is 0 Å². The Morgan fingerprint density at radius 2 is 2.04 bits per heavy atom. The average Bonchev–Trinajstić information content (AvgIpc) is 2.83. The molecule has 1 atom stereocenters. The molecule has 128 valence electrons. The van der Waals surface area contributed by atoms with Crippen LogP contribution in [0.4, 0.5) is 5.69 Å². The van der Waals surface area contributed by atoms with Gasteiger partial charge in [-0.2, -0.15) is 0 Å². The van der Waals surface area contributed by atoms with E-state index >= 15 is 0 Å². The minimum absolute atomic E-state index is 0.0316. The monoisotopic (exact) mass is 332 g/mol. The Labute approximate surface area is 139 Å². The van der Waals surface area contributed by atoms with Gasteiger partial charge in [-0.1, -0.05) is 12.1 Å². The van der Waals surface area contributed by atoms with Crippen molar-refractivity contribution in [1.29, 1.82) is 0 Å². The summed E-state index contributed by atoms with van der Waals surface area (Å²) in [5, 5.41) is 24.3. The van der Waals surface area contributed by atoms with Crippen LogP contribution in [-0.4, -0.2) is 22.5 Å². The van der Waals surface area contributed by atoms with E-state index in [2.05, 4.69) is 5.32 Å². The summed E-state index contributed by atoms with van der Waals surface area (Å²) in [6.45, 7) is 6.51. The topological polar surface area (TPSA) is 106 Å². The zero-order valence-corrected chi connectivity index (χ0v) is 14.0. The van der Waals surface area contributed by atoms with Crippen molar-refractivity contribution in [2.75, 3.05) is 6.54 Å². The largest absolute Gasteiger partial charge is 0.466 e. The van der Waals surface area contributed by atoms with Gasteiger partial charge in [0.2, 0.25) is 0 Å². The lowest BCUT2D eigenvalue weighted by atomic mass is 9.96. The molecule has 7 heteroatoms. The van der Waals surface area contributed by atoms with Gasteiger partial charge in [0.25, 0.3) is 11.6 Å². The summed E-state index contributed by atoms with van der Waals surface area (Å²) in [4.78, 5) is 22.9. The number of nitrogens with zero attached hydrogens (tertiary/aromatic N) is 1. The van der Waals surface area contributed by atoms with E-state index in [1.54, 1.807) is 45.9 Å². The fraction of sp³-hybridized carbons (Fsp3) is 0.353. The van der Waals surface area contributed by atoms with E-state index in [4.69, 9.17) is 4.42 Å². The number of rotatable bonds is 5. The van der Waals surface area contributed by atoms with E-state index in [-0.39, 0.29) is 17.8 Å². The highest BCUT2D eigenvalue weighted by Gasteiger charge is 2.30. The van der Waals surface area contributed by atoms with Gasteiger partial charge in [0.15, 0.2) is 0 Å². The molecule has 7 nitrogen and oxygen atoms in total. The lowest BCUT2D eigenvalue weighted by Gasteiger charge is -2.23. The molecule has 2 rings (SSSR count). The SMILES string of the molecule is Cc1cc(C(C)(O)CNC(=O)c2cccc(C)c2[N+](=O)[O-])c(C)o1. The Hall–Kier alpha value is -2.67. The van der Waals surface area contributed by atoms with E-state index < -0.39 is 16.4 Å². The number of nitro groups is 1. The van der Waals surface area contributed by atoms with E-state index in [9.17, 15) is 20.0 Å². The van der Waals surface area contributed by atoms with Crippen LogP contribution < -0.4 is 5.32 Å². The van der Waals surface area contributed by atoms with Crippen molar-refractivity contribution in [2.24, 2.45) is 0 Å². The van der Waals surface area contributed by atoms with E-state index in [0.29, 0.717) is 22.6 Å². The molecule has 1 aromatic carbocycles. The lowest BCUT2D eigenvalue weighted by Crippen LogP contribution is -2.39. The predicted octanol–water partition coefficient (Wildman–Crippen LogP) is 2.75. The lowest BCUT2D eigenvalue weighted by molar-refractivity contribution is -0.385. The number of carbonyl (C=O) groups excluding carboxylic acids is 1. The Balaban J connectivity index is 2.21. The second-order valence-corrected chi connectivity index (χ2v) is 6.01. The van der Waals surface area contributed by atoms with Crippen LogP contribution >= 0.6 is 0 Å². The van der Waals surface area contributed by atoms with Gasteiger partial charge in [0, 0.05) is 11.1 Å². The third kappa shape index (κ3) is 3.46. The number of nitrogens with one attached hydrogen (secondary N) is 1. The van der Waals surface area contributed by atoms with Crippen LogP contribution in [0.2, 0.25) is 0 Å². The fourth-order valence-electron chi connectivity index (χ4n) is 2.69. The van der Waals surface area contributed by atoms with Crippen LogP contribution in [0.15, 0.2) is 28.7 Å². The Bertz CT molecular complexity index is 792. The van der Waals surface area contributed by atoms with Gasteiger partial charge in [-0.25, -0.2) is 0 Å². The van der Waals surface area contributed by atoms with E-state index in [1.807, 2.05) is 0 Å². The molecule has 0 aliphatic carbocycles. The standard InChI is InChI=1S/C17H20N2O5/c1-10-6-5-7-13(15(10)19(22)23)16(20)18-9-17(4,21)14-8-11(2)24-12(14)3/h5-8,21H,9H2,1-4H3,(H,18,20). The number of hydrogen-bond donors (Lipinski definition) is 2. The van der Waals surface area contributed by atoms with Crippen molar-refractivity contribution in [1.82, 2.24) is 5.32 Å². The molecular formula is C17H20N2O5. The minimum Gasteiger partial charge on any atom is -0.466 e. The average molecular weight is 332 g/mol. The molecule has 1 unspecified atom stereocenters. The zero-order chi connectivity index (χ0) is 18.1. The normalized spacial score (nSPS) is 13.4. The first-order valence-corrected chi connectivity index (χ1v) is 7.45. The van der Waals surface area contributed by atoms with Gasteiger partial charge < -0.3 is 14.8 Å². The summed E-state index contributed by atoms with van der Waals surface area (Å²) >= 11 is 0. The van der Waals surface area contributed by atoms with Crippen molar-refractivity contribution in [2.45, 2.75) is 33.3 Å².